The van der Waals surface area contributed by atoms with Crippen LogP contribution in [-0.4, -0.2) is 30.5 Å². The first-order chi connectivity index (χ1) is 13.2. The van der Waals surface area contributed by atoms with Crippen molar-refractivity contribution in [1.82, 2.24) is 15.6 Å². The normalized spacial score (nSPS) is 14.8. The molecule has 27 heavy (non-hydrogen) atoms. The lowest BCUT2D eigenvalue weighted by atomic mass is 9.98. The molecule has 1 aromatic heterocycles. The van der Waals surface area contributed by atoms with Gasteiger partial charge in [0.15, 0.2) is 0 Å². The third-order valence-corrected chi connectivity index (χ3v) is 5.22. The van der Waals surface area contributed by atoms with E-state index in [4.69, 9.17) is 5.26 Å². The first-order valence-corrected chi connectivity index (χ1v) is 9.35. The Morgan fingerprint density at radius 1 is 1.07 bits per heavy atom. The molecule has 0 aliphatic carbocycles. The third-order valence-electron chi connectivity index (χ3n) is 5.22. The minimum absolute atomic E-state index is 0.0512. The standard InChI is InChI=1S/C22H22N4O/c23-13-15-1-3-17(4-2-15)18-5-6-20-19(11-18)12-21(26-20)22(27)25-14-16-7-9-24-10-8-16/h1-6,11-12,16,24,26H,7-10,14H2,(H,25,27). The number of carbonyl (C=O) groups is 1. The average Bonchev–Trinajstić information content (AvgIpc) is 3.16. The molecule has 0 spiro atoms. The second-order valence-electron chi connectivity index (χ2n) is 7.08. The van der Waals surface area contributed by atoms with E-state index < -0.39 is 0 Å². The highest BCUT2D eigenvalue weighted by molar-refractivity contribution is 5.98. The summed E-state index contributed by atoms with van der Waals surface area (Å²) in [7, 11) is 0. The molecule has 1 amide bonds. The molecule has 1 fully saturated rings. The molecule has 136 valence electrons. The van der Waals surface area contributed by atoms with Crippen LogP contribution in [0, 0.1) is 17.2 Å². The Bertz CT molecular complexity index is 991. The van der Waals surface area contributed by atoms with Crippen molar-refractivity contribution in [3.8, 4) is 17.2 Å². The third kappa shape index (κ3) is 3.86. The molecule has 0 radical (unpaired) electrons. The maximum Gasteiger partial charge on any atom is 0.267 e. The minimum atomic E-state index is -0.0512. The van der Waals surface area contributed by atoms with Gasteiger partial charge in [0.25, 0.3) is 5.91 Å². The number of benzene rings is 2. The van der Waals surface area contributed by atoms with Gasteiger partial charge in [-0.15, -0.1) is 0 Å². The molecule has 1 aliphatic heterocycles. The summed E-state index contributed by atoms with van der Waals surface area (Å²) < 4.78 is 0. The first-order valence-electron chi connectivity index (χ1n) is 9.35. The Balaban J connectivity index is 1.49. The van der Waals surface area contributed by atoms with Gasteiger partial charge in [-0.1, -0.05) is 18.2 Å². The van der Waals surface area contributed by atoms with E-state index in [1.165, 1.54) is 0 Å². The molecule has 3 aromatic rings. The molecule has 4 rings (SSSR count). The van der Waals surface area contributed by atoms with Crippen molar-refractivity contribution in [2.75, 3.05) is 19.6 Å². The Labute approximate surface area is 158 Å². The van der Waals surface area contributed by atoms with Crippen molar-refractivity contribution in [3.05, 3.63) is 59.8 Å². The van der Waals surface area contributed by atoms with Crippen molar-refractivity contribution in [2.45, 2.75) is 12.8 Å². The number of aromatic amines is 1. The van der Waals surface area contributed by atoms with Gasteiger partial charge in [-0.3, -0.25) is 4.79 Å². The largest absolute Gasteiger partial charge is 0.351 e. The smallest absolute Gasteiger partial charge is 0.267 e. The van der Waals surface area contributed by atoms with E-state index in [2.05, 4.69) is 27.8 Å². The maximum atomic E-state index is 12.5. The van der Waals surface area contributed by atoms with Crippen LogP contribution in [-0.2, 0) is 0 Å². The van der Waals surface area contributed by atoms with Gasteiger partial charge in [-0.2, -0.15) is 5.26 Å². The summed E-state index contributed by atoms with van der Waals surface area (Å²) in [5, 5.41) is 16.3. The van der Waals surface area contributed by atoms with Crippen LogP contribution >= 0.6 is 0 Å². The van der Waals surface area contributed by atoms with Crippen LogP contribution in [0.5, 0.6) is 0 Å². The number of aromatic nitrogens is 1. The van der Waals surface area contributed by atoms with E-state index in [1.54, 1.807) is 0 Å². The van der Waals surface area contributed by atoms with Gasteiger partial charge in [0.05, 0.1) is 11.6 Å². The summed E-state index contributed by atoms with van der Waals surface area (Å²) in [5.41, 5.74) is 4.30. The van der Waals surface area contributed by atoms with Crippen LogP contribution in [0.15, 0.2) is 48.5 Å². The highest BCUT2D eigenvalue weighted by Gasteiger charge is 2.15. The zero-order valence-corrected chi connectivity index (χ0v) is 15.1. The highest BCUT2D eigenvalue weighted by Crippen LogP contribution is 2.25. The summed E-state index contributed by atoms with van der Waals surface area (Å²) >= 11 is 0. The van der Waals surface area contributed by atoms with Crippen molar-refractivity contribution >= 4 is 16.8 Å². The maximum absolute atomic E-state index is 12.5. The second kappa shape index (κ2) is 7.65. The fourth-order valence-corrected chi connectivity index (χ4v) is 3.59. The molecular weight excluding hydrogens is 336 g/mol. The van der Waals surface area contributed by atoms with Gasteiger partial charge in [-0.05, 0) is 73.3 Å². The molecule has 3 N–H and O–H groups in total. The van der Waals surface area contributed by atoms with E-state index in [-0.39, 0.29) is 5.91 Å². The van der Waals surface area contributed by atoms with Gasteiger partial charge < -0.3 is 15.6 Å². The number of piperidine rings is 1. The number of amides is 1. The highest BCUT2D eigenvalue weighted by atomic mass is 16.1. The number of hydrogen-bond acceptors (Lipinski definition) is 3. The lowest BCUT2D eigenvalue weighted by molar-refractivity contribution is 0.0940. The van der Waals surface area contributed by atoms with Crippen molar-refractivity contribution in [3.63, 3.8) is 0 Å². The van der Waals surface area contributed by atoms with Crippen molar-refractivity contribution in [2.24, 2.45) is 5.92 Å². The van der Waals surface area contributed by atoms with E-state index in [0.29, 0.717) is 17.2 Å². The Hall–Kier alpha value is -3.10. The van der Waals surface area contributed by atoms with E-state index in [9.17, 15) is 4.79 Å². The molecule has 0 unspecified atom stereocenters. The summed E-state index contributed by atoms with van der Waals surface area (Å²) in [6.45, 7) is 2.79. The van der Waals surface area contributed by atoms with Crippen LogP contribution in [0.1, 0.15) is 28.9 Å². The van der Waals surface area contributed by atoms with Crippen LogP contribution in [0.2, 0.25) is 0 Å². The van der Waals surface area contributed by atoms with Crippen LogP contribution < -0.4 is 10.6 Å². The number of hydrogen-bond donors (Lipinski definition) is 3. The number of rotatable bonds is 4. The molecule has 5 heteroatoms. The quantitative estimate of drug-likeness (QED) is 0.668. The summed E-state index contributed by atoms with van der Waals surface area (Å²) in [6.07, 6.45) is 2.22. The zero-order valence-electron chi connectivity index (χ0n) is 15.1. The topological polar surface area (TPSA) is 80.7 Å². The predicted octanol–water partition coefficient (Wildman–Crippen LogP) is 3.44. The SMILES string of the molecule is N#Cc1ccc(-c2ccc3[nH]c(C(=O)NCC4CCNCC4)cc3c2)cc1. The monoisotopic (exact) mass is 358 g/mol. The number of nitrogens with zero attached hydrogens (tertiary/aromatic N) is 1. The van der Waals surface area contributed by atoms with Crippen LogP contribution in [0.3, 0.4) is 0 Å². The summed E-state index contributed by atoms with van der Waals surface area (Å²) in [6, 6.07) is 17.6. The molecule has 1 aliphatic rings. The Kier molecular flexibility index (Phi) is 4.91. The lowest BCUT2D eigenvalue weighted by Gasteiger charge is -2.22. The van der Waals surface area contributed by atoms with Crippen molar-refractivity contribution < 1.29 is 4.79 Å². The molecule has 0 saturated carbocycles. The number of carbonyl (C=O) groups excluding carboxylic acids is 1. The van der Waals surface area contributed by atoms with E-state index in [0.717, 1.165) is 54.5 Å². The molecule has 2 heterocycles. The predicted molar refractivity (Wildman–Crippen MR) is 106 cm³/mol. The summed E-state index contributed by atoms with van der Waals surface area (Å²) in [5.74, 6) is 0.507. The molecule has 0 atom stereocenters. The minimum Gasteiger partial charge on any atom is -0.351 e. The van der Waals surface area contributed by atoms with Gasteiger partial charge in [0, 0.05) is 17.4 Å². The average molecular weight is 358 g/mol. The molecular formula is C22H22N4O. The fraction of sp³-hybridized carbons (Fsp3) is 0.273. The van der Waals surface area contributed by atoms with E-state index in [1.807, 2.05) is 42.5 Å². The van der Waals surface area contributed by atoms with Gasteiger partial charge in [-0.25, -0.2) is 0 Å². The molecule has 5 nitrogen and oxygen atoms in total. The first kappa shape index (κ1) is 17.3. The number of H-pyrrole nitrogens is 1. The fourth-order valence-electron chi connectivity index (χ4n) is 3.59. The van der Waals surface area contributed by atoms with E-state index >= 15 is 0 Å². The second-order valence-corrected chi connectivity index (χ2v) is 7.08. The Morgan fingerprint density at radius 3 is 2.56 bits per heavy atom. The molecule has 0 bridgehead atoms. The molecule has 2 aromatic carbocycles. The van der Waals surface area contributed by atoms with Crippen LogP contribution in [0.4, 0.5) is 0 Å². The number of nitriles is 1. The lowest BCUT2D eigenvalue weighted by Crippen LogP contribution is -2.36. The van der Waals surface area contributed by atoms with Gasteiger partial charge in [0.1, 0.15) is 5.69 Å². The number of fused-ring (bicyclic) bond motifs is 1. The van der Waals surface area contributed by atoms with Crippen LogP contribution in [0.25, 0.3) is 22.0 Å². The number of nitrogens with one attached hydrogen (secondary N) is 3. The Morgan fingerprint density at radius 2 is 1.81 bits per heavy atom. The molecule has 1 saturated heterocycles. The van der Waals surface area contributed by atoms with Gasteiger partial charge in [0.2, 0.25) is 0 Å². The summed E-state index contributed by atoms with van der Waals surface area (Å²) in [4.78, 5) is 15.7. The zero-order chi connectivity index (χ0) is 18.6. The van der Waals surface area contributed by atoms with Gasteiger partial charge >= 0.3 is 0 Å². The van der Waals surface area contributed by atoms with Crippen molar-refractivity contribution in [1.29, 1.82) is 5.26 Å².